The van der Waals surface area contributed by atoms with Gasteiger partial charge in [0.05, 0.1) is 5.56 Å². The maximum atomic E-state index is 11.1. The molecule has 0 amide bonds. The average molecular weight is 227 g/mol. The number of aryl methyl sites for hydroxylation is 2. The zero-order valence-corrected chi connectivity index (χ0v) is 9.77. The molecule has 1 N–H and O–H groups in total. The molecular formula is C14H13NO2. The molecule has 1 heterocycles. The Hall–Kier alpha value is -2.16. The molecule has 0 saturated carbocycles. The van der Waals surface area contributed by atoms with E-state index in [1.807, 2.05) is 32.0 Å². The number of aromatic nitrogens is 1. The molecule has 0 bridgehead atoms. The molecule has 2 rings (SSSR count). The molecule has 0 unspecified atom stereocenters. The second kappa shape index (κ2) is 4.37. The molecule has 0 aliphatic heterocycles. The number of carboxylic acid groups (broad SMARTS) is 1. The lowest BCUT2D eigenvalue weighted by Gasteiger charge is -2.09. The molecule has 0 radical (unpaired) electrons. The van der Waals surface area contributed by atoms with Gasteiger partial charge in [0, 0.05) is 18.0 Å². The summed E-state index contributed by atoms with van der Waals surface area (Å²) in [6, 6.07) is 7.47. The van der Waals surface area contributed by atoms with E-state index in [2.05, 4.69) is 4.98 Å². The summed E-state index contributed by atoms with van der Waals surface area (Å²) in [6.07, 6.45) is 3.09. The number of pyridine rings is 1. The Bertz CT molecular complexity index is 576. The van der Waals surface area contributed by atoms with Gasteiger partial charge in [-0.3, -0.25) is 4.98 Å². The minimum absolute atomic E-state index is 0.284. The molecule has 0 spiro atoms. The van der Waals surface area contributed by atoms with Gasteiger partial charge in [-0.05, 0) is 31.0 Å². The molecule has 3 nitrogen and oxygen atoms in total. The predicted molar refractivity (Wildman–Crippen MR) is 66.1 cm³/mol. The van der Waals surface area contributed by atoms with Gasteiger partial charge in [0.25, 0.3) is 0 Å². The van der Waals surface area contributed by atoms with Crippen LogP contribution in [-0.2, 0) is 0 Å². The van der Waals surface area contributed by atoms with Crippen molar-refractivity contribution in [2.45, 2.75) is 13.8 Å². The van der Waals surface area contributed by atoms with E-state index in [4.69, 9.17) is 5.11 Å². The molecule has 17 heavy (non-hydrogen) atoms. The topological polar surface area (TPSA) is 50.2 Å². The van der Waals surface area contributed by atoms with Gasteiger partial charge in [-0.25, -0.2) is 4.79 Å². The van der Waals surface area contributed by atoms with Crippen LogP contribution in [0.5, 0.6) is 0 Å². The lowest BCUT2D eigenvalue weighted by molar-refractivity contribution is 0.0697. The van der Waals surface area contributed by atoms with Crippen molar-refractivity contribution in [2.75, 3.05) is 0 Å². The zero-order valence-electron chi connectivity index (χ0n) is 9.77. The van der Waals surface area contributed by atoms with Crippen LogP contribution in [0, 0.1) is 13.8 Å². The fraction of sp³-hybridized carbons (Fsp3) is 0.143. The van der Waals surface area contributed by atoms with E-state index < -0.39 is 5.97 Å². The standard InChI is InChI=1S/C14H13NO2/c1-9-3-4-11(10(2)7-9)13-8-15-6-5-12(13)14(16)17/h3-8H,1-2H3,(H,16,17). The lowest BCUT2D eigenvalue weighted by atomic mass is 9.96. The fourth-order valence-corrected chi connectivity index (χ4v) is 1.91. The number of carbonyl (C=O) groups is 1. The molecule has 2 aromatic rings. The molecule has 0 aliphatic rings. The Labute approximate surface area is 99.8 Å². The SMILES string of the molecule is Cc1ccc(-c2cnccc2C(=O)O)c(C)c1. The van der Waals surface area contributed by atoms with Crippen molar-refractivity contribution in [3.63, 3.8) is 0 Å². The molecule has 0 aliphatic carbocycles. The van der Waals surface area contributed by atoms with E-state index in [-0.39, 0.29) is 5.56 Å². The predicted octanol–water partition coefficient (Wildman–Crippen LogP) is 3.06. The number of benzene rings is 1. The summed E-state index contributed by atoms with van der Waals surface area (Å²) in [5.74, 6) is -0.928. The van der Waals surface area contributed by atoms with Crippen LogP contribution in [0.4, 0.5) is 0 Å². The Kier molecular flexibility index (Phi) is 2.91. The van der Waals surface area contributed by atoms with Gasteiger partial charge in [-0.1, -0.05) is 23.8 Å². The largest absolute Gasteiger partial charge is 0.478 e. The summed E-state index contributed by atoms with van der Waals surface area (Å²) in [5, 5.41) is 9.14. The Balaban J connectivity index is 2.64. The van der Waals surface area contributed by atoms with Crippen LogP contribution in [0.2, 0.25) is 0 Å². The third-order valence-electron chi connectivity index (χ3n) is 2.72. The van der Waals surface area contributed by atoms with Gasteiger partial charge in [0.2, 0.25) is 0 Å². The molecule has 0 fully saturated rings. The molecule has 86 valence electrons. The molecule has 3 heteroatoms. The highest BCUT2D eigenvalue weighted by Crippen LogP contribution is 2.26. The number of hydrogen-bond donors (Lipinski definition) is 1. The Morgan fingerprint density at radius 2 is 1.94 bits per heavy atom. The van der Waals surface area contributed by atoms with Crippen molar-refractivity contribution in [1.82, 2.24) is 4.98 Å². The van der Waals surface area contributed by atoms with E-state index in [9.17, 15) is 4.79 Å². The summed E-state index contributed by atoms with van der Waals surface area (Å²) in [5.41, 5.74) is 4.08. The molecule has 0 saturated heterocycles. The minimum atomic E-state index is -0.928. The second-order valence-electron chi connectivity index (χ2n) is 4.04. The zero-order chi connectivity index (χ0) is 12.4. The fourth-order valence-electron chi connectivity index (χ4n) is 1.91. The first-order valence-corrected chi connectivity index (χ1v) is 5.34. The molecular weight excluding hydrogens is 214 g/mol. The number of hydrogen-bond acceptors (Lipinski definition) is 2. The van der Waals surface area contributed by atoms with Gasteiger partial charge in [0.15, 0.2) is 0 Å². The molecule has 1 aromatic heterocycles. The van der Waals surface area contributed by atoms with Gasteiger partial charge >= 0.3 is 5.97 Å². The van der Waals surface area contributed by atoms with Crippen molar-refractivity contribution in [1.29, 1.82) is 0 Å². The summed E-state index contributed by atoms with van der Waals surface area (Å²) >= 11 is 0. The monoisotopic (exact) mass is 227 g/mol. The first-order valence-electron chi connectivity index (χ1n) is 5.34. The summed E-state index contributed by atoms with van der Waals surface area (Å²) in [7, 11) is 0. The minimum Gasteiger partial charge on any atom is -0.478 e. The van der Waals surface area contributed by atoms with Crippen molar-refractivity contribution < 1.29 is 9.90 Å². The van der Waals surface area contributed by atoms with Gasteiger partial charge < -0.3 is 5.11 Å². The first-order chi connectivity index (χ1) is 8.09. The summed E-state index contributed by atoms with van der Waals surface area (Å²) in [6.45, 7) is 3.99. The number of aromatic carboxylic acids is 1. The van der Waals surface area contributed by atoms with Gasteiger partial charge in [0.1, 0.15) is 0 Å². The van der Waals surface area contributed by atoms with Crippen LogP contribution in [0.15, 0.2) is 36.7 Å². The molecule has 0 atom stereocenters. The van der Waals surface area contributed by atoms with E-state index in [0.29, 0.717) is 5.56 Å². The van der Waals surface area contributed by atoms with Crippen LogP contribution in [0.25, 0.3) is 11.1 Å². The normalized spacial score (nSPS) is 10.2. The van der Waals surface area contributed by atoms with E-state index in [0.717, 1.165) is 16.7 Å². The van der Waals surface area contributed by atoms with Gasteiger partial charge in [-0.2, -0.15) is 0 Å². The van der Waals surface area contributed by atoms with E-state index >= 15 is 0 Å². The van der Waals surface area contributed by atoms with Crippen molar-refractivity contribution in [3.05, 3.63) is 53.3 Å². The van der Waals surface area contributed by atoms with Crippen molar-refractivity contribution >= 4 is 5.97 Å². The third-order valence-corrected chi connectivity index (χ3v) is 2.72. The number of nitrogens with zero attached hydrogens (tertiary/aromatic N) is 1. The Morgan fingerprint density at radius 1 is 1.18 bits per heavy atom. The summed E-state index contributed by atoms with van der Waals surface area (Å²) < 4.78 is 0. The smallest absolute Gasteiger partial charge is 0.336 e. The van der Waals surface area contributed by atoms with Crippen LogP contribution in [0.3, 0.4) is 0 Å². The number of rotatable bonds is 2. The highest BCUT2D eigenvalue weighted by Gasteiger charge is 2.12. The maximum Gasteiger partial charge on any atom is 0.336 e. The van der Waals surface area contributed by atoms with Crippen molar-refractivity contribution in [3.8, 4) is 11.1 Å². The second-order valence-corrected chi connectivity index (χ2v) is 4.04. The van der Waals surface area contributed by atoms with Gasteiger partial charge in [-0.15, -0.1) is 0 Å². The molecule has 1 aromatic carbocycles. The highest BCUT2D eigenvalue weighted by atomic mass is 16.4. The number of carboxylic acids is 1. The lowest BCUT2D eigenvalue weighted by Crippen LogP contribution is -2.00. The third kappa shape index (κ3) is 2.18. The Morgan fingerprint density at radius 3 is 2.59 bits per heavy atom. The van der Waals surface area contributed by atoms with Crippen LogP contribution < -0.4 is 0 Å². The van der Waals surface area contributed by atoms with Crippen LogP contribution >= 0.6 is 0 Å². The highest BCUT2D eigenvalue weighted by molar-refractivity contribution is 5.96. The quantitative estimate of drug-likeness (QED) is 0.857. The van der Waals surface area contributed by atoms with E-state index in [1.54, 1.807) is 6.20 Å². The van der Waals surface area contributed by atoms with Crippen LogP contribution in [-0.4, -0.2) is 16.1 Å². The van der Waals surface area contributed by atoms with Crippen LogP contribution in [0.1, 0.15) is 21.5 Å². The maximum absolute atomic E-state index is 11.1. The first kappa shape index (κ1) is 11.3. The van der Waals surface area contributed by atoms with E-state index in [1.165, 1.54) is 12.3 Å². The average Bonchev–Trinajstić information content (AvgIpc) is 2.29. The van der Waals surface area contributed by atoms with Crippen molar-refractivity contribution in [2.24, 2.45) is 0 Å². The summed E-state index contributed by atoms with van der Waals surface area (Å²) in [4.78, 5) is 15.1.